The fourth-order valence-electron chi connectivity index (χ4n) is 5.66. The molecule has 2 atom stereocenters. The van der Waals surface area contributed by atoms with Crippen molar-refractivity contribution in [1.29, 1.82) is 0 Å². The molecule has 0 unspecified atom stereocenters. The molecule has 0 saturated carbocycles. The van der Waals surface area contributed by atoms with Crippen LogP contribution in [0.1, 0.15) is 89.4 Å². The third kappa shape index (κ3) is 12.5. The number of carbonyl (C=O) groups is 3. The number of aryl methyl sites for hydroxylation is 2. The minimum atomic E-state index is -1.12. The summed E-state index contributed by atoms with van der Waals surface area (Å²) in [6, 6.07) is 15.1. The quantitative estimate of drug-likeness (QED) is 0.138. The maximum absolute atomic E-state index is 14.1. The van der Waals surface area contributed by atoms with Crippen LogP contribution in [0.5, 0.6) is 0 Å². The first-order chi connectivity index (χ1) is 23.0. The number of esters is 1. The highest BCUT2D eigenvalue weighted by Crippen LogP contribution is 2.16. The first-order valence-electron chi connectivity index (χ1n) is 16.8. The van der Waals surface area contributed by atoms with E-state index in [-0.39, 0.29) is 36.0 Å². The Labute approximate surface area is 282 Å². The van der Waals surface area contributed by atoms with E-state index in [1.54, 1.807) is 36.9 Å². The molecule has 3 aromatic rings. The van der Waals surface area contributed by atoms with Crippen LogP contribution in [0.2, 0.25) is 0 Å². The van der Waals surface area contributed by atoms with E-state index in [4.69, 9.17) is 4.74 Å². The van der Waals surface area contributed by atoms with Gasteiger partial charge in [-0.2, -0.15) is 0 Å². The number of carbonyl (C=O) groups excluding carboxylic acids is 3. The zero-order valence-corrected chi connectivity index (χ0v) is 28.5. The fraction of sp³-hybridized carbons (Fsp3) is 0.447. The van der Waals surface area contributed by atoms with E-state index in [2.05, 4.69) is 10.6 Å². The summed E-state index contributed by atoms with van der Waals surface area (Å²) in [4.78, 5) is 40.3. The van der Waals surface area contributed by atoms with Crippen molar-refractivity contribution < 1.29 is 33.0 Å². The van der Waals surface area contributed by atoms with E-state index in [0.29, 0.717) is 44.6 Å². The summed E-state index contributed by atoms with van der Waals surface area (Å²) in [7, 11) is 0. The molecule has 260 valence electrons. The SMILES string of the molecule is CCCN(CCC)C(=O)c1cc(C)cc(C(=O)N[C@@H](Cc2cc(F)cc(F)c2)[C@H](O)CNCc2cccc(CCCC(=O)OCC)c2)c1. The first-order valence-corrected chi connectivity index (χ1v) is 16.8. The first kappa shape index (κ1) is 38.3. The van der Waals surface area contributed by atoms with Crippen LogP contribution < -0.4 is 10.6 Å². The summed E-state index contributed by atoms with van der Waals surface area (Å²) in [6.07, 6.45) is 2.20. The van der Waals surface area contributed by atoms with Crippen LogP contribution in [0.25, 0.3) is 0 Å². The van der Waals surface area contributed by atoms with Gasteiger partial charge in [0.15, 0.2) is 0 Å². The van der Waals surface area contributed by atoms with Gasteiger partial charge in [0, 0.05) is 49.8 Å². The van der Waals surface area contributed by atoms with Gasteiger partial charge in [-0.3, -0.25) is 14.4 Å². The van der Waals surface area contributed by atoms with Crippen molar-refractivity contribution in [2.24, 2.45) is 0 Å². The lowest BCUT2D eigenvalue weighted by Gasteiger charge is -2.25. The van der Waals surface area contributed by atoms with E-state index >= 15 is 0 Å². The molecule has 0 saturated heterocycles. The summed E-state index contributed by atoms with van der Waals surface area (Å²) in [5, 5.41) is 17.3. The van der Waals surface area contributed by atoms with Gasteiger partial charge in [-0.25, -0.2) is 8.78 Å². The number of nitrogens with zero attached hydrogens (tertiary/aromatic N) is 1. The Morgan fingerprint density at radius 3 is 2.21 bits per heavy atom. The highest BCUT2D eigenvalue weighted by molar-refractivity contribution is 6.00. The third-order valence-electron chi connectivity index (χ3n) is 7.85. The summed E-state index contributed by atoms with van der Waals surface area (Å²) >= 11 is 0. The minimum absolute atomic E-state index is 0.0302. The van der Waals surface area contributed by atoms with Crippen LogP contribution in [0.3, 0.4) is 0 Å². The zero-order chi connectivity index (χ0) is 35.1. The molecule has 0 radical (unpaired) electrons. The highest BCUT2D eigenvalue weighted by Gasteiger charge is 2.24. The Balaban J connectivity index is 1.73. The molecule has 0 spiro atoms. The van der Waals surface area contributed by atoms with Crippen LogP contribution in [0, 0.1) is 18.6 Å². The van der Waals surface area contributed by atoms with Gasteiger partial charge in [0.2, 0.25) is 0 Å². The van der Waals surface area contributed by atoms with Crippen molar-refractivity contribution in [3.05, 3.63) is 106 Å². The molecule has 48 heavy (non-hydrogen) atoms. The summed E-state index contributed by atoms with van der Waals surface area (Å²) < 4.78 is 33.1. The van der Waals surface area contributed by atoms with E-state index in [1.165, 1.54) is 12.1 Å². The maximum Gasteiger partial charge on any atom is 0.305 e. The van der Waals surface area contributed by atoms with Gasteiger partial charge in [-0.15, -0.1) is 0 Å². The van der Waals surface area contributed by atoms with E-state index in [1.807, 2.05) is 38.1 Å². The zero-order valence-electron chi connectivity index (χ0n) is 28.5. The van der Waals surface area contributed by atoms with Crippen molar-refractivity contribution >= 4 is 17.8 Å². The molecule has 0 aliphatic rings. The lowest BCUT2D eigenvalue weighted by atomic mass is 9.99. The summed E-state index contributed by atoms with van der Waals surface area (Å²) in [5.41, 5.74) is 3.70. The number of nitrogens with one attached hydrogen (secondary N) is 2. The molecule has 8 nitrogen and oxygen atoms in total. The van der Waals surface area contributed by atoms with Gasteiger partial charge >= 0.3 is 5.97 Å². The molecule has 3 N–H and O–H groups in total. The molecule has 0 bridgehead atoms. The number of hydrogen-bond donors (Lipinski definition) is 3. The number of aliphatic hydroxyl groups excluding tert-OH is 1. The van der Waals surface area contributed by atoms with Crippen molar-refractivity contribution in [3.8, 4) is 0 Å². The second-order valence-corrected chi connectivity index (χ2v) is 12.1. The van der Waals surface area contributed by atoms with Gasteiger partial charge in [0.05, 0.1) is 18.8 Å². The molecule has 0 fully saturated rings. The van der Waals surface area contributed by atoms with Crippen molar-refractivity contribution in [2.75, 3.05) is 26.2 Å². The Kier molecular flexibility index (Phi) is 15.7. The number of benzene rings is 3. The monoisotopic (exact) mass is 665 g/mol. The van der Waals surface area contributed by atoms with Gasteiger partial charge in [-0.05, 0) is 98.5 Å². The fourth-order valence-corrected chi connectivity index (χ4v) is 5.66. The van der Waals surface area contributed by atoms with Gasteiger partial charge in [-0.1, -0.05) is 38.1 Å². The maximum atomic E-state index is 14.1. The number of hydrogen-bond acceptors (Lipinski definition) is 6. The lowest BCUT2D eigenvalue weighted by molar-refractivity contribution is -0.143. The van der Waals surface area contributed by atoms with Gasteiger partial charge < -0.3 is 25.4 Å². The predicted octanol–water partition coefficient (Wildman–Crippen LogP) is 5.91. The average molecular weight is 666 g/mol. The van der Waals surface area contributed by atoms with Crippen LogP contribution in [0.4, 0.5) is 8.78 Å². The number of halogens is 2. The summed E-state index contributed by atoms with van der Waals surface area (Å²) in [6.45, 7) is 9.67. The molecule has 0 aromatic heterocycles. The molecule has 3 aromatic carbocycles. The molecule has 0 heterocycles. The molecular formula is C38H49F2N3O5. The Bertz CT molecular complexity index is 1490. The Morgan fingerprint density at radius 1 is 0.875 bits per heavy atom. The lowest BCUT2D eigenvalue weighted by Crippen LogP contribution is -2.48. The standard InChI is InChI=1S/C38H49F2N3O5/c1-5-14-43(15-6-2)38(47)31-17-26(4)16-30(22-31)37(46)42-34(21-29-19-32(39)23-33(40)20-29)35(44)25-41-24-28-12-8-10-27(18-28)11-9-13-36(45)48-7-3/h8,10,12,16-20,22-23,34-35,41,44H,5-7,9,11,13-15,21,24-25H2,1-4H3,(H,42,46)/t34-,35+/m0/s1. The molecule has 2 amide bonds. The summed E-state index contributed by atoms with van der Waals surface area (Å²) in [5.74, 6) is -2.39. The van der Waals surface area contributed by atoms with Crippen molar-refractivity contribution in [3.63, 3.8) is 0 Å². The number of amides is 2. The third-order valence-corrected chi connectivity index (χ3v) is 7.85. The van der Waals surface area contributed by atoms with E-state index < -0.39 is 29.7 Å². The molecule has 0 aliphatic carbocycles. The second-order valence-electron chi connectivity index (χ2n) is 12.1. The minimum Gasteiger partial charge on any atom is -0.466 e. The molecule has 0 aliphatic heterocycles. The van der Waals surface area contributed by atoms with Crippen LogP contribution in [-0.4, -0.2) is 66.2 Å². The van der Waals surface area contributed by atoms with Crippen LogP contribution in [0.15, 0.2) is 60.7 Å². The number of rotatable bonds is 19. The van der Waals surface area contributed by atoms with Crippen LogP contribution >= 0.6 is 0 Å². The van der Waals surface area contributed by atoms with E-state index in [0.717, 1.165) is 42.0 Å². The molecule has 3 rings (SSSR count). The number of ether oxygens (including phenoxy) is 1. The van der Waals surface area contributed by atoms with Crippen molar-refractivity contribution in [2.45, 2.75) is 84.9 Å². The molecular weight excluding hydrogens is 616 g/mol. The normalized spacial score (nSPS) is 12.3. The smallest absolute Gasteiger partial charge is 0.305 e. The average Bonchev–Trinajstić information content (AvgIpc) is 3.03. The second kappa shape index (κ2) is 19.6. The van der Waals surface area contributed by atoms with Gasteiger partial charge in [0.25, 0.3) is 11.8 Å². The largest absolute Gasteiger partial charge is 0.466 e. The Hall–Kier alpha value is -4.15. The van der Waals surface area contributed by atoms with Crippen molar-refractivity contribution in [1.82, 2.24) is 15.5 Å². The van der Waals surface area contributed by atoms with E-state index in [9.17, 15) is 28.3 Å². The topological polar surface area (TPSA) is 108 Å². The highest BCUT2D eigenvalue weighted by atomic mass is 19.1. The number of aliphatic hydroxyl groups is 1. The van der Waals surface area contributed by atoms with Gasteiger partial charge in [0.1, 0.15) is 11.6 Å². The Morgan fingerprint density at radius 2 is 1.54 bits per heavy atom. The van der Waals surface area contributed by atoms with Crippen LogP contribution in [-0.2, 0) is 28.9 Å². The molecule has 10 heteroatoms. The predicted molar refractivity (Wildman–Crippen MR) is 183 cm³/mol.